The highest BCUT2D eigenvalue weighted by Crippen LogP contribution is 2.66. The number of benzene rings is 2. The number of carbonyl (C=O) groups excluding carboxylic acids is 3. The first kappa shape index (κ1) is 34.4. The van der Waals surface area contributed by atoms with Gasteiger partial charge in [0.2, 0.25) is 17.7 Å². The molecule has 9 heteroatoms. The van der Waals surface area contributed by atoms with Crippen LogP contribution in [0.4, 0.5) is 5.69 Å². The van der Waals surface area contributed by atoms with Crippen LogP contribution in [0.25, 0.3) is 0 Å². The van der Waals surface area contributed by atoms with Gasteiger partial charge in [-0.05, 0) is 61.9 Å². The van der Waals surface area contributed by atoms with Crippen LogP contribution in [-0.2, 0) is 25.7 Å². The summed E-state index contributed by atoms with van der Waals surface area (Å²) in [6.45, 7) is 18.5. The van der Waals surface area contributed by atoms with Gasteiger partial charge in [-0.3, -0.25) is 14.4 Å². The number of aliphatic hydroxyl groups is 1. The minimum absolute atomic E-state index is 0.129. The average molecular weight is 644 g/mol. The number of anilines is 1. The van der Waals surface area contributed by atoms with Gasteiger partial charge >= 0.3 is 0 Å². The summed E-state index contributed by atoms with van der Waals surface area (Å²) in [6, 6.07) is 15.3. The molecule has 9 nitrogen and oxygen atoms in total. The van der Waals surface area contributed by atoms with Crippen LogP contribution in [0.2, 0.25) is 0 Å². The molecule has 2 bridgehead atoms. The molecule has 0 radical (unpaired) electrons. The molecule has 2 aromatic rings. The van der Waals surface area contributed by atoms with Gasteiger partial charge in [0.05, 0.1) is 36.7 Å². The molecule has 3 aliphatic rings. The smallest absolute Gasteiger partial charge is 0.249 e. The van der Waals surface area contributed by atoms with Crippen LogP contribution in [0.15, 0.2) is 79.9 Å². The monoisotopic (exact) mass is 643 g/mol. The van der Waals surface area contributed by atoms with Gasteiger partial charge in [-0.25, -0.2) is 0 Å². The second-order valence-corrected chi connectivity index (χ2v) is 13.6. The normalized spacial score (nSPS) is 28.2. The van der Waals surface area contributed by atoms with Crippen molar-refractivity contribution in [2.75, 3.05) is 31.2 Å². The molecule has 3 heterocycles. The Morgan fingerprint density at radius 2 is 1.74 bits per heavy atom. The number of ether oxygens (including phenoxy) is 2. The fraction of sp³-hybridized carbons (Fsp3) is 0.500. The molecule has 7 atom stereocenters. The second-order valence-electron chi connectivity index (χ2n) is 13.6. The summed E-state index contributed by atoms with van der Waals surface area (Å²) in [7, 11) is 0. The van der Waals surface area contributed by atoms with Crippen LogP contribution in [0.1, 0.15) is 46.6 Å². The van der Waals surface area contributed by atoms with Gasteiger partial charge in [0.15, 0.2) is 0 Å². The fourth-order valence-corrected chi connectivity index (χ4v) is 8.18. The zero-order valence-electron chi connectivity index (χ0n) is 28.3. The number of hydrogen-bond acceptors (Lipinski definition) is 6. The van der Waals surface area contributed by atoms with Crippen LogP contribution in [0, 0.1) is 23.7 Å². The van der Waals surface area contributed by atoms with E-state index in [0.717, 1.165) is 5.56 Å². The van der Waals surface area contributed by atoms with Gasteiger partial charge in [0.25, 0.3) is 0 Å². The van der Waals surface area contributed by atoms with E-state index in [9.17, 15) is 19.5 Å². The standard InChI is InChI=1S/C38H49N3O6/c1-8-20-39(23-27-14-12-11-13-15-27)36(45)33-38-22-26(6)37(7,47-38)31(32(38)35(44)41(33)30(24-42)25(4)5)34(43)40(21-9-2)28-16-18-29(19-17-28)46-10-3/h8-9,11-19,25-26,30-33,42H,1-2,10,20-24H2,3-7H3/t26?,30-,31-,32-,33?,37+,38?/m0/s1. The summed E-state index contributed by atoms with van der Waals surface area (Å²) in [5, 5.41) is 10.7. The first-order chi connectivity index (χ1) is 22.5. The Morgan fingerprint density at radius 1 is 1.09 bits per heavy atom. The minimum Gasteiger partial charge on any atom is -0.494 e. The maximum atomic E-state index is 14.9. The van der Waals surface area contributed by atoms with Gasteiger partial charge < -0.3 is 29.3 Å². The highest BCUT2D eigenvalue weighted by atomic mass is 16.5. The zero-order valence-corrected chi connectivity index (χ0v) is 28.3. The van der Waals surface area contributed by atoms with Crippen molar-refractivity contribution in [1.82, 2.24) is 9.80 Å². The second kappa shape index (κ2) is 13.6. The number of carbonyl (C=O) groups is 3. The molecule has 5 rings (SSSR count). The highest BCUT2D eigenvalue weighted by Gasteiger charge is 2.80. The van der Waals surface area contributed by atoms with E-state index in [-0.39, 0.29) is 49.3 Å². The van der Waals surface area contributed by atoms with Crippen molar-refractivity contribution in [3.8, 4) is 5.75 Å². The van der Waals surface area contributed by atoms with Crippen LogP contribution in [0.3, 0.4) is 0 Å². The van der Waals surface area contributed by atoms with E-state index >= 15 is 0 Å². The van der Waals surface area contributed by atoms with E-state index in [4.69, 9.17) is 9.47 Å². The largest absolute Gasteiger partial charge is 0.494 e. The SMILES string of the molecule is C=CCN(Cc1ccccc1)C(=O)C1N([C@@H](CO)C(C)C)C(=O)[C@@H]2[C@@H](C(=O)N(CC=C)c3ccc(OCC)cc3)[C@]3(C)OC12CC3C. The van der Waals surface area contributed by atoms with Gasteiger partial charge in [-0.2, -0.15) is 0 Å². The van der Waals surface area contributed by atoms with Crippen LogP contribution in [-0.4, -0.2) is 82.2 Å². The van der Waals surface area contributed by atoms with Crippen LogP contribution >= 0.6 is 0 Å². The van der Waals surface area contributed by atoms with Crippen LogP contribution in [0.5, 0.6) is 5.75 Å². The minimum atomic E-state index is -1.25. The number of amides is 3. The van der Waals surface area contributed by atoms with Gasteiger partial charge in [0.1, 0.15) is 17.4 Å². The molecule has 3 fully saturated rings. The summed E-state index contributed by atoms with van der Waals surface area (Å²) >= 11 is 0. The lowest BCUT2D eigenvalue weighted by Gasteiger charge is -2.40. The Morgan fingerprint density at radius 3 is 2.32 bits per heavy atom. The van der Waals surface area contributed by atoms with Crippen molar-refractivity contribution in [2.45, 2.75) is 70.9 Å². The molecule has 3 unspecified atom stereocenters. The third-order valence-corrected chi connectivity index (χ3v) is 10.5. The summed E-state index contributed by atoms with van der Waals surface area (Å²) in [5.41, 5.74) is -0.658. The summed E-state index contributed by atoms with van der Waals surface area (Å²) in [6.07, 6.45) is 3.78. The van der Waals surface area contributed by atoms with Gasteiger partial charge in [-0.15, -0.1) is 13.2 Å². The van der Waals surface area contributed by atoms with Crippen LogP contribution < -0.4 is 9.64 Å². The van der Waals surface area contributed by atoms with Crippen molar-refractivity contribution in [3.05, 3.63) is 85.5 Å². The average Bonchev–Trinajstić information content (AvgIpc) is 3.57. The summed E-state index contributed by atoms with van der Waals surface area (Å²) in [5.74, 6) is -2.22. The van der Waals surface area contributed by atoms with E-state index in [2.05, 4.69) is 13.2 Å². The molecule has 3 amide bonds. The van der Waals surface area contributed by atoms with Crippen molar-refractivity contribution in [3.63, 3.8) is 0 Å². The van der Waals surface area contributed by atoms with E-state index in [0.29, 0.717) is 31.0 Å². The third kappa shape index (κ3) is 5.78. The lowest BCUT2D eigenvalue weighted by Crippen LogP contribution is -2.59. The maximum Gasteiger partial charge on any atom is 0.249 e. The van der Waals surface area contributed by atoms with E-state index in [1.807, 2.05) is 89.2 Å². The summed E-state index contributed by atoms with van der Waals surface area (Å²) in [4.78, 5) is 49.5. The molecule has 2 aromatic carbocycles. The molecular weight excluding hydrogens is 594 g/mol. The number of hydrogen-bond donors (Lipinski definition) is 1. The molecule has 1 spiro atoms. The van der Waals surface area contributed by atoms with Crippen molar-refractivity contribution >= 4 is 23.4 Å². The van der Waals surface area contributed by atoms with E-state index in [1.165, 1.54) is 0 Å². The molecule has 252 valence electrons. The number of likely N-dealkylation sites (tertiary alicyclic amines) is 1. The Bertz CT molecular complexity index is 1480. The summed E-state index contributed by atoms with van der Waals surface area (Å²) < 4.78 is 12.6. The van der Waals surface area contributed by atoms with Gasteiger partial charge in [0, 0.05) is 25.3 Å². The number of fused-ring (bicyclic) bond motifs is 1. The molecule has 47 heavy (non-hydrogen) atoms. The Hall–Kier alpha value is -3.95. The first-order valence-corrected chi connectivity index (χ1v) is 16.7. The molecule has 1 N–H and O–H groups in total. The highest BCUT2D eigenvalue weighted by molar-refractivity contribution is 6.03. The molecule has 0 aliphatic carbocycles. The Balaban J connectivity index is 1.61. The number of aliphatic hydroxyl groups excluding tert-OH is 1. The Labute approximate surface area is 278 Å². The van der Waals surface area contributed by atoms with E-state index in [1.54, 1.807) is 26.9 Å². The van der Waals surface area contributed by atoms with Gasteiger partial charge in [-0.1, -0.05) is 63.3 Å². The number of nitrogens with zero attached hydrogens (tertiary/aromatic N) is 3. The predicted molar refractivity (Wildman–Crippen MR) is 182 cm³/mol. The maximum absolute atomic E-state index is 14.9. The fourth-order valence-electron chi connectivity index (χ4n) is 8.18. The molecule has 3 aliphatic heterocycles. The molecule has 0 aromatic heterocycles. The van der Waals surface area contributed by atoms with Crippen molar-refractivity contribution < 1.29 is 29.0 Å². The lowest BCUT2D eigenvalue weighted by atomic mass is 9.62. The molecule has 3 saturated heterocycles. The van der Waals surface area contributed by atoms with Crippen molar-refractivity contribution in [2.24, 2.45) is 23.7 Å². The first-order valence-electron chi connectivity index (χ1n) is 16.7. The zero-order chi connectivity index (χ0) is 34.1. The quantitative estimate of drug-likeness (QED) is 0.296. The van der Waals surface area contributed by atoms with E-state index < -0.39 is 35.1 Å². The predicted octanol–water partition coefficient (Wildman–Crippen LogP) is 4.85. The molecule has 0 saturated carbocycles. The number of rotatable bonds is 14. The third-order valence-electron chi connectivity index (χ3n) is 10.5. The molecular formula is C38H49N3O6. The topological polar surface area (TPSA) is 99.6 Å². The Kier molecular flexibility index (Phi) is 9.99. The lowest BCUT2D eigenvalue weighted by molar-refractivity contribution is -0.156. The van der Waals surface area contributed by atoms with Crippen molar-refractivity contribution in [1.29, 1.82) is 0 Å².